The van der Waals surface area contributed by atoms with Crippen LogP contribution in [0.3, 0.4) is 0 Å². The normalized spacial score (nSPS) is 10.4. The van der Waals surface area contributed by atoms with E-state index in [4.69, 9.17) is 16.0 Å². The molecule has 0 saturated carbocycles. The number of hydrogen-bond donors (Lipinski definition) is 2. The van der Waals surface area contributed by atoms with Crippen LogP contribution in [0.25, 0.3) is 11.3 Å². The molecule has 7 heteroatoms. The lowest BCUT2D eigenvalue weighted by Crippen LogP contribution is -2.42. The summed E-state index contributed by atoms with van der Waals surface area (Å²) in [5.41, 5.74) is 1.90. The average Bonchev–Trinajstić information content (AvgIpc) is 3.20. The summed E-state index contributed by atoms with van der Waals surface area (Å²) < 4.78 is 5.81. The molecular formula is C22H22ClN3O3. The molecule has 1 aromatic heterocycles. The van der Waals surface area contributed by atoms with Gasteiger partial charge in [0.25, 0.3) is 0 Å². The molecule has 0 radical (unpaired) electrons. The number of carbonyl (C=O) groups is 2. The Hall–Kier alpha value is -3.25. The molecule has 29 heavy (non-hydrogen) atoms. The number of nitrogens with one attached hydrogen (secondary N) is 2. The highest BCUT2D eigenvalue weighted by atomic mass is 35.5. The van der Waals surface area contributed by atoms with Gasteiger partial charge in [-0.15, -0.1) is 0 Å². The van der Waals surface area contributed by atoms with Crippen molar-refractivity contribution >= 4 is 23.5 Å². The molecule has 0 aliphatic heterocycles. The van der Waals surface area contributed by atoms with Crippen LogP contribution < -0.4 is 10.6 Å². The van der Waals surface area contributed by atoms with Gasteiger partial charge in [-0.3, -0.25) is 4.79 Å². The van der Waals surface area contributed by atoms with Gasteiger partial charge < -0.3 is 20.0 Å². The maximum absolute atomic E-state index is 12.3. The zero-order chi connectivity index (χ0) is 20.6. The van der Waals surface area contributed by atoms with Crippen LogP contribution >= 0.6 is 11.6 Å². The Bertz CT molecular complexity index is 955. The summed E-state index contributed by atoms with van der Waals surface area (Å²) in [6.45, 7) is 0.609. The van der Waals surface area contributed by atoms with Crippen molar-refractivity contribution in [1.29, 1.82) is 0 Å². The molecule has 150 valence electrons. The van der Waals surface area contributed by atoms with Crippen LogP contribution in [0.1, 0.15) is 11.3 Å². The number of urea groups is 1. The number of amides is 3. The first-order valence-corrected chi connectivity index (χ1v) is 9.53. The van der Waals surface area contributed by atoms with Crippen molar-refractivity contribution in [2.24, 2.45) is 0 Å². The van der Waals surface area contributed by atoms with Gasteiger partial charge in [0.1, 0.15) is 11.5 Å². The molecule has 2 N–H and O–H groups in total. The van der Waals surface area contributed by atoms with E-state index < -0.39 is 6.03 Å². The second-order valence-corrected chi connectivity index (χ2v) is 6.98. The summed E-state index contributed by atoms with van der Waals surface area (Å²) in [7, 11) is 1.66. The Morgan fingerprint density at radius 3 is 2.41 bits per heavy atom. The van der Waals surface area contributed by atoms with Gasteiger partial charge in [0.15, 0.2) is 0 Å². The molecule has 0 atom stereocenters. The second kappa shape index (κ2) is 9.80. The first-order valence-electron chi connectivity index (χ1n) is 9.15. The highest BCUT2D eigenvalue weighted by Gasteiger charge is 2.13. The lowest BCUT2D eigenvalue weighted by atomic mass is 10.2. The van der Waals surface area contributed by atoms with Crippen molar-refractivity contribution in [3.63, 3.8) is 0 Å². The van der Waals surface area contributed by atoms with Gasteiger partial charge >= 0.3 is 6.03 Å². The summed E-state index contributed by atoms with van der Waals surface area (Å²) in [5, 5.41) is 5.95. The van der Waals surface area contributed by atoms with Crippen molar-refractivity contribution in [2.45, 2.75) is 13.1 Å². The van der Waals surface area contributed by atoms with E-state index in [1.54, 1.807) is 19.2 Å². The molecule has 0 spiro atoms. The monoisotopic (exact) mass is 411 g/mol. The number of benzene rings is 2. The summed E-state index contributed by atoms with van der Waals surface area (Å²) in [5.74, 6) is 1.14. The van der Waals surface area contributed by atoms with E-state index in [1.165, 1.54) is 4.90 Å². The highest BCUT2D eigenvalue weighted by Crippen LogP contribution is 2.24. The van der Waals surface area contributed by atoms with Crippen molar-refractivity contribution in [3.05, 3.63) is 83.1 Å². The van der Waals surface area contributed by atoms with Crippen LogP contribution in [0.5, 0.6) is 0 Å². The molecule has 0 bridgehead atoms. The first kappa shape index (κ1) is 20.5. The Labute approximate surface area is 174 Å². The largest absolute Gasteiger partial charge is 0.459 e. The van der Waals surface area contributed by atoms with Crippen LogP contribution in [-0.2, 0) is 17.9 Å². The molecule has 3 rings (SSSR count). The van der Waals surface area contributed by atoms with E-state index in [1.807, 2.05) is 54.6 Å². The summed E-state index contributed by atoms with van der Waals surface area (Å²) in [6, 6.07) is 20.2. The van der Waals surface area contributed by atoms with Crippen molar-refractivity contribution in [2.75, 3.05) is 13.6 Å². The van der Waals surface area contributed by atoms with Gasteiger partial charge in [0, 0.05) is 24.2 Å². The molecule has 0 unspecified atom stereocenters. The minimum Gasteiger partial charge on any atom is -0.459 e. The Kier molecular flexibility index (Phi) is 6.92. The van der Waals surface area contributed by atoms with E-state index in [0.717, 1.165) is 11.1 Å². The lowest BCUT2D eigenvalue weighted by Gasteiger charge is -2.16. The maximum Gasteiger partial charge on any atom is 0.315 e. The molecule has 0 saturated heterocycles. The van der Waals surface area contributed by atoms with E-state index in [2.05, 4.69) is 10.6 Å². The fraction of sp³-hybridized carbons (Fsp3) is 0.182. The van der Waals surface area contributed by atoms with Crippen LogP contribution in [0.15, 0.2) is 71.1 Å². The van der Waals surface area contributed by atoms with E-state index in [-0.39, 0.29) is 12.5 Å². The van der Waals surface area contributed by atoms with E-state index in [9.17, 15) is 9.59 Å². The van der Waals surface area contributed by atoms with Gasteiger partial charge in [-0.1, -0.05) is 41.9 Å². The third kappa shape index (κ3) is 6.12. The van der Waals surface area contributed by atoms with Gasteiger partial charge in [-0.05, 0) is 42.0 Å². The fourth-order valence-corrected chi connectivity index (χ4v) is 2.81. The summed E-state index contributed by atoms with van der Waals surface area (Å²) in [4.78, 5) is 25.6. The average molecular weight is 412 g/mol. The minimum atomic E-state index is -0.390. The van der Waals surface area contributed by atoms with Gasteiger partial charge in [-0.25, -0.2) is 4.79 Å². The van der Waals surface area contributed by atoms with E-state index in [0.29, 0.717) is 29.6 Å². The van der Waals surface area contributed by atoms with Crippen molar-refractivity contribution < 1.29 is 14.0 Å². The molecule has 0 aliphatic rings. The number of nitrogens with zero attached hydrogens (tertiary/aromatic N) is 1. The third-order valence-electron chi connectivity index (χ3n) is 4.31. The summed E-state index contributed by atoms with van der Waals surface area (Å²) >= 11 is 5.90. The Morgan fingerprint density at radius 2 is 1.69 bits per heavy atom. The molecule has 2 aromatic carbocycles. The molecule has 3 amide bonds. The van der Waals surface area contributed by atoms with Gasteiger partial charge in [0.05, 0.1) is 13.1 Å². The zero-order valence-corrected chi connectivity index (χ0v) is 16.8. The number of halogens is 1. The van der Waals surface area contributed by atoms with Crippen LogP contribution in [0.4, 0.5) is 4.79 Å². The second-order valence-electron chi connectivity index (χ2n) is 6.54. The number of hydrogen-bond acceptors (Lipinski definition) is 3. The molecule has 0 aliphatic carbocycles. The van der Waals surface area contributed by atoms with Crippen molar-refractivity contribution in [1.82, 2.24) is 15.5 Å². The Balaban J connectivity index is 1.44. The van der Waals surface area contributed by atoms with Crippen LogP contribution in [0, 0.1) is 0 Å². The van der Waals surface area contributed by atoms with Gasteiger partial charge in [0.2, 0.25) is 5.91 Å². The third-order valence-corrected chi connectivity index (χ3v) is 4.56. The first-order chi connectivity index (χ1) is 14.0. The lowest BCUT2D eigenvalue weighted by molar-refractivity contribution is -0.129. The van der Waals surface area contributed by atoms with Gasteiger partial charge in [-0.2, -0.15) is 0 Å². The SMILES string of the molecule is CN(Cc1ccc(-c2ccc(Cl)cc2)o1)C(=O)CNC(=O)NCc1ccccc1. The smallest absolute Gasteiger partial charge is 0.315 e. The predicted octanol–water partition coefficient (Wildman–Crippen LogP) is 4.06. The quantitative estimate of drug-likeness (QED) is 0.615. The fourth-order valence-electron chi connectivity index (χ4n) is 2.69. The van der Waals surface area contributed by atoms with Crippen molar-refractivity contribution in [3.8, 4) is 11.3 Å². The maximum atomic E-state index is 12.3. The highest BCUT2D eigenvalue weighted by molar-refractivity contribution is 6.30. The number of rotatable bonds is 7. The van der Waals surface area contributed by atoms with Crippen LogP contribution in [-0.4, -0.2) is 30.4 Å². The number of likely N-dealkylation sites (N-methyl/N-ethyl adjacent to an activating group) is 1. The van der Waals surface area contributed by atoms with E-state index >= 15 is 0 Å². The standard InChI is InChI=1S/C22H22ClN3O3/c1-26(15-19-11-12-20(29-19)17-7-9-18(23)10-8-17)21(27)14-25-22(28)24-13-16-5-3-2-4-6-16/h2-12H,13-15H2,1H3,(H2,24,25,28). The molecule has 0 fully saturated rings. The minimum absolute atomic E-state index is 0.0954. The summed E-state index contributed by atoms with van der Waals surface area (Å²) in [6.07, 6.45) is 0. The number of furan rings is 1. The molecule has 1 heterocycles. The molecule has 3 aromatic rings. The van der Waals surface area contributed by atoms with Crippen LogP contribution in [0.2, 0.25) is 5.02 Å². The zero-order valence-electron chi connectivity index (χ0n) is 16.0. The number of carbonyl (C=O) groups excluding carboxylic acids is 2. The Morgan fingerprint density at radius 1 is 0.966 bits per heavy atom. The topological polar surface area (TPSA) is 74.6 Å². The molecular weight excluding hydrogens is 390 g/mol. The predicted molar refractivity (Wildman–Crippen MR) is 112 cm³/mol. The molecule has 6 nitrogen and oxygen atoms in total.